The molecule has 3 atom stereocenters. The summed E-state index contributed by atoms with van der Waals surface area (Å²) in [6.07, 6.45) is 4.53. The van der Waals surface area contributed by atoms with E-state index in [1.165, 1.54) is 19.3 Å². The first-order chi connectivity index (χ1) is 7.07. The number of carbonyl (C=O) groups is 1. The van der Waals surface area contributed by atoms with E-state index in [-0.39, 0.29) is 5.54 Å². The van der Waals surface area contributed by atoms with Gasteiger partial charge in [0.05, 0.1) is 12.2 Å². The lowest BCUT2D eigenvalue weighted by atomic mass is 9.99. The number of rotatable bonds is 2. The van der Waals surface area contributed by atoms with Gasteiger partial charge in [-0.2, -0.15) is 0 Å². The number of nitrogens with zero attached hydrogens (tertiary/aromatic N) is 1. The van der Waals surface area contributed by atoms with Crippen LogP contribution < -0.4 is 5.32 Å². The second kappa shape index (κ2) is 3.78. The summed E-state index contributed by atoms with van der Waals surface area (Å²) in [5, 5.41) is 3.35. The number of hydrogen-bond acceptors (Lipinski definition) is 2. The molecule has 1 heterocycles. The van der Waals surface area contributed by atoms with Gasteiger partial charge >= 0.3 is 0 Å². The molecular weight excluding hydrogens is 188 g/mol. The summed E-state index contributed by atoms with van der Waals surface area (Å²) < 4.78 is 0. The van der Waals surface area contributed by atoms with Gasteiger partial charge in [0.1, 0.15) is 0 Å². The van der Waals surface area contributed by atoms with Gasteiger partial charge in [0.15, 0.2) is 0 Å². The van der Waals surface area contributed by atoms with Crippen molar-refractivity contribution in [3.05, 3.63) is 0 Å². The molecule has 2 aliphatic rings. The molecule has 3 unspecified atom stereocenters. The van der Waals surface area contributed by atoms with Gasteiger partial charge in [0.25, 0.3) is 0 Å². The Labute approximate surface area is 92.2 Å². The Kier molecular flexibility index (Phi) is 2.75. The van der Waals surface area contributed by atoms with Crippen LogP contribution in [0.4, 0.5) is 0 Å². The van der Waals surface area contributed by atoms with Crippen LogP contribution in [0, 0.1) is 5.92 Å². The molecule has 0 spiro atoms. The van der Waals surface area contributed by atoms with Crippen molar-refractivity contribution in [2.45, 2.75) is 58.0 Å². The lowest BCUT2D eigenvalue weighted by Gasteiger charge is -2.25. The van der Waals surface area contributed by atoms with Crippen LogP contribution in [0.1, 0.15) is 46.5 Å². The average molecular weight is 210 g/mol. The van der Waals surface area contributed by atoms with Crippen molar-refractivity contribution in [2.75, 3.05) is 6.67 Å². The van der Waals surface area contributed by atoms with Crippen molar-refractivity contribution in [1.29, 1.82) is 0 Å². The van der Waals surface area contributed by atoms with Crippen molar-refractivity contribution in [3.63, 3.8) is 0 Å². The lowest BCUT2D eigenvalue weighted by Crippen LogP contribution is -2.44. The molecule has 0 aromatic rings. The van der Waals surface area contributed by atoms with E-state index in [0.717, 1.165) is 19.0 Å². The predicted molar refractivity (Wildman–Crippen MR) is 60.3 cm³/mol. The van der Waals surface area contributed by atoms with E-state index in [0.29, 0.717) is 11.9 Å². The molecule has 1 amide bonds. The Morgan fingerprint density at radius 3 is 2.73 bits per heavy atom. The van der Waals surface area contributed by atoms with Gasteiger partial charge in [0.2, 0.25) is 5.91 Å². The third-order valence-corrected chi connectivity index (χ3v) is 4.19. The first-order valence-electron chi connectivity index (χ1n) is 6.13. The number of hydrogen-bond donors (Lipinski definition) is 1. The summed E-state index contributed by atoms with van der Waals surface area (Å²) in [5.74, 6) is 1.10. The lowest BCUT2D eigenvalue weighted by molar-refractivity contribution is -0.133. The molecule has 1 saturated heterocycles. The van der Waals surface area contributed by atoms with Crippen LogP contribution in [-0.2, 0) is 4.79 Å². The molecule has 2 fully saturated rings. The van der Waals surface area contributed by atoms with Gasteiger partial charge in [-0.1, -0.05) is 13.8 Å². The minimum atomic E-state index is -0.300. The Balaban J connectivity index is 2.04. The Morgan fingerprint density at radius 1 is 1.53 bits per heavy atom. The highest BCUT2D eigenvalue weighted by Crippen LogP contribution is 2.32. The third kappa shape index (κ3) is 1.78. The van der Waals surface area contributed by atoms with Crippen molar-refractivity contribution in [2.24, 2.45) is 5.92 Å². The molecule has 1 aliphatic heterocycles. The molecular formula is C12H22N2O. The monoisotopic (exact) mass is 210 g/mol. The van der Waals surface area contributed by atoms with E-state index in [1.807, 2.05) is 6.92 Å². The largest absolute Gasteiger partial charge is 0.325 e. The number of nitrogens with one attached hydrogen (secondary N) is 1. The highest BCUT2D eigenvalue weighted by atomic mass is 16.2. The molecule has 15 heavy (non-hydrogen) atoms. The predicted octanol–water partition coefficient (Wildman–Crippen LogP) is 1.73. The second-order valence-electron chi connectivity index (χ2n) is 5.37. The summed E-state index contributed by atoms with van der Waals surface area (Å²) in [4.78, 5) is 14.3. The van der Waals surface area contributed by atoms with Gasteiger partial charge in [-0.3, -0.25) is 10.1 Å². The van der Waals surface area contributed by atoms with Crippen LogP contribution in [0.15, 0.2) is 0 Å². The van der Waals surface area contributed by atoms with E-state index < -0.39 is 0 Å². The highest BCUT2D eigenvalue weighted by Gasteiger charge is 2.44. The zero-order valence-corrected chi connectivity index (χ0v) is 10.0. The smallest absolute Gasteiger partial charge is 0.243 e. The normalized spacial score (nSPS) is 41.5. The molecule has 1 saturated carbocycles. The van der Waals surface area contributed by atoms with E-state index in [2.05, 4.69) is 24.1 Å². The zero-order valence-electron chi connectivity index (χ0n) is 10.0. The minimum Gasteiger partial charge on any atom is -0.325 e. The maximum atomic E-state index is 12.2. The van der Waals surface area contributed by atoms with Crippen molar-refractivity contribution in [3.8, 4) is 0 Å². The molecule has 2 rings (SSSR count). The fraction of sp³-hybridized carbons (Fsp3) is 0.917. The standard InChI is InChI=1S/C12H22N2O/c1-4-12(3)11(15)14(8-13-12)10-6-5-9(2)7-10/h9-10,13H,4-8H2,1-3H3. The first-order valence-corrected chi connectivity index (χ1v) is 6.13. The van der Waals surface area contributed by atoms with Crippen LogP contribution >= 0.6 is 0 Å². The summed E-state index contributed by atoms with van der Waals surface area (Å²) in [7, 11) is 0. The minimum absolute atomic E-state index is 0.300. The van der Waals surface area contributed by atoms with Crippen LogP contribution in [0.2, 0.25) is 0 Å². The van der Waals surface area contributed by atoms with Crippen LogP contribution in [0.3, 0.4) is 0 Å². The number of carbonyl (C=O) groups excluding carboxylic acids is 1. The first kappa shape index (κ1) is 10.9. The van der Waals surface area contributed by atoms with E-state index in [9.17, 15) is 4.79 Å². The Hall–Kier alpha value is -0.570. The molecule has 0 aromatic heterocycles. The quantitative estimate of drug-likeness (QED) is 0.753. The summed E-state index contributed by atoms with van der Waals surface area (Å²) in [6.45, 7) is 7.13. The van der Waals surface area contributed by atoms with Crippen molar-refractivity contribution in [1.82, 2.24) is 10.2 Å². The SMILES string of the molecule is CCC1(C)NCN(C2CCC(C)C2)C1=O. The molecule has 1 aliphatic carbocycles. The van der Waals surface area contributed by atoms with Gasteiger partial charge in [-0.15, -0.1) is 0 Å². The summed E-state index contributed by atoms with van der Waals surface area (Å²) in [5.41, 5.74) is -0.300. The molecule has 0 radical (unpaired) electrons. The average Bonchev–Trinajstić information content (AvgIpc) is 2.75. The van der Waals surface area contributed by atoms with E-state index in [4.69, 9.17) is 0 Å². The summed E-state index contributed by atoms with van der Waals surface area (Å²) >= 11 is 0. The van der Waals surface area contributed by atoms with Crippen LogP contribution in [0.5, 0.6) is 0 Å². The molecule has 3 nitrogen and oxygen atoms in total. The molecule has 0 aromatic carbocycles. The Bertz CT molecular complexity index is 266. The fourth-order valence-electron chi connectivity index (χ4n) is 2.76. The molecule has 86 valence electrons. The topological polar surface area (TPSA) is 32.3 Å². The summed E-state index contributed by atoms with van der Waals surface area (Å²) in [6, 6.07) is 0.494. The van der Waals surface area contributed by atoms with Crippen LogP contribution in [0.25, 0.3) is 0 Å². The van der Waals surface area contributed by atoms with Crippen molar-refractivity contribution < 1.29 is 4.79 Å². The maximum absolute atomic E-state index is 12.2. The van der Waals surface area contributed by atoms with Gasteiger partial charge < -0.3 is 4.90 Å². The van der Waals surface area contributed by atoms with Crippen molar-refractivity contribution >= 4 is 5.91 Å². The van der Waals surface area contributed by atoms with Gasteiger partial charge in [0, 0.05) is 6.04 Å². The zero-order chi connectivity index (χ0) is 11.1. The number of amides is 1. The second-order valence-corrected chi connectivity index (χ2v) is 5.37. The fourth-order valence-corrected chi connectivity index (χ4v) is 2.76. The molecule has 0 bridgehead atoms. The third-order valence-electron chi connectivity index (χ3n) is 4.19. The maximum Gasteiger partial charge on any atom is 0.243 e. The van der Waals surface area contributed by atoms with E-state index in [1.54, 1.807) is 0 Å². The highest BCUT2D eigenvalue weighted by molar-refractivity contribution is 5.88. The van der Waals surface area contributed by atoms with Crippen LogP contribution in [-0.4, -0.2) is 29.1 Å². The Morgan fingerprint density at radius 2 is 2.27 bits per heavy atom. The van der Waals surface area contributed by atoms with Gasteiger partial charge in [-0.05, 0) is 38.5 Å². The van der Waals surface area contributed by atoms with Gasteiger partial charge in [-0.25, -0.2) is 0 Å². The van der Waals surface area contributed by atoms with E-state index >= 15 is 0 Å². The molecule has 3 heteroatoms. The molecule has 1 N–H and O–H groups in total.